The lowest BCUT2D eigenvalue weighted by molar-refractivity contribution is -0.127. The average molecular weight is 341 g/mol. The van der Waals surface area contributed by atoms with Crippen molar-refractivity contribution in [1.29, 1.82) is 0 Å². The summed E-state index contributed by atoms with van der Waals surface area (Å²) in [7, 11) is -3.61. The van der Waals surface area contributed by atoms with Crippen LogP contribution in [0.15, 0.2) is 22.8 Å². The number of hydrogen-bond acceptors (Lipinski definition) is 4. The summed E-state index contributed by atoms with van der Waals surface area (Å²) in [6.07, 6.45) is 4.54. The van der Waals surface area contributed by atoms with E-state index in [0.717, 1.165) is 19.3 Å². The quantitative estimate of drug-likeness (QED) is 0.844. The Morgan fingerprint density at radius 3 is 2.87 bits per heavy atom. The second kappa shape index (κ2) is 6.62. The van der Waals surface area contributed by atoms with Crippen molar-refractivity contribution in [3.8, 4) is 0 Å². The number of carbonyl (C=O) groups is 1. The summed E-state index contributed by atoms with van der Waals surface area (Å²) in [5.74, 6) is 0.779. The van der Waals surface area contributed by atoms with E-state index in [0.29, 0.717) is 31.8 Å². The summed E-state index contributed by atoms with van der Waals surface area (Å²) in [5, 5.41) is 0. The number of nitrogens with zero attached hydrogens (tertiary/aromatic N) is 2. The van der Waals surface area contributed by atoms with Gasteiger partial charge < -0.3 is 9.32 Å². The van der Waals surface area contributed by atoms with Gasteiger partial charge in [-0.3, -0.25) is 4.79 Å². The molecule has 7 nitrogen and oxygen atoms in total. The van der Waals surface area contributed by atoms with Crippen LogP contribution in [0.2, 0.25) is 0 Å². The second-order valence-electron chi connectivity index (χ2n) is 6.25. The molecule has 2 fully saturated rings. The number of hydrogen-bond donors (Lipinski definition) is 1. The van der Waals surface area contributed by atoms with E-state index in [-0.39, 0.29) is 18.0 Å². The third-order valence-electron chi connectivity index (χ3n) is 4.40. The van der Waals surface area contributed by atoms with Gasteiger partial charge in [0.05, 0.1) is 12.3 Å². The van der Waals surface area contributed by atoms with Gasteiger partial charge in [-0.25, -0.2) is 0 Å². The number of amides is 1. The molecule has 2 atom stereocenters. The van der Waals surface area contributed by atoms with E-state index in [9.17, 15) is 13.2 Å². The van der Waals surface area contributed by atoms with Gasteiger partial charge in [-0.15, -0.1) is 0 Å². The van der Waals surface area contributed by atoms with Crippen molar-refractivity contribution >= 4 is 16.1 Å². The van der Waals surface area contributed by atoms with Crippen LogP contribution in [0.1, 0.15) is 44.4 Å². The normalized spacial score (nSPS) is 24.5. The number of furan rings is 1. The molecule has 0 bridgehead atoms. The van der Waals surface area contributed by atoms with Crippen LogP contribution in [0.3, 0.4) is 0 Å². The first-order valence-electron chi connectivity index (χ1n) is 8.07. The fourth-order valence-corrected chi connectivity index (χ4v) is 5.01. The Labute approximate surface area is 136 Å². The number of likely N-dealkylation sites (tertiary alicyclic amines) is 1. The molecule has 2 aliphatic heterocycles. The van der Waals surface area contributed by atoms with Crippen molar-refractivity contribution in [1.82, 2.24) is 13.9 Å². The van der Waals surface area contributed by atoms with E-state index < -0.39 is 10.2 Å². The minimum Gasteiger partial charge on any atom is -0.468 e. The second-order valence-corrected chi connectivity index (χ2v) is 7.91. The molecule has 1 N–H and O–H groups in total. The van der Waals surface area contributed by atoms with E-state index in [1.54, 1.807) is 24.2 Å². The molecular weight excluding hydrogens is 318 g/mol. The molecule has 0 spiro atoms. The molecule has 23 heavy (non-hydrogen) atoms. The van der Waals surface area contributed by atoms with Gasteiger partial charge in [0, 0.05) is 32.1 Å². The lowest BCUT2D eigenvalue weighted by Crippen LogP contribution is -2.48. The zero-order valence-corrected chi connectivity index (χ0v) is 14.1. The Kier molecular flexibility index (Phi) is 4.74. The molecule has 128 valence electrons. The number of nitrogens with one attached hydrogen (secondary N) is 1. The summed E-state index contributed by atoms with van der Waals surface area (Å²) >= 11 is 0. The topological polar surface area (TPSA) is 82.9 Å². The molecule has 0 radical (unpaired) electrons. The molecule has 0 saturated carbocycles. The Balaban J connectivity index is 1.65. The highest BCUT2D eigenvalue weighted by molar-refractivity contribution is 7.87. The molecule has 0 aliphatic carbocycles. The van der Waals surface area contributed by atoms with Crippen LogP contribution in [0.5, 0.6) is 0 Å². The highest BCUT2D eigenvalue weighted by Gasteiger charge is 2.37. The molecule has 1 aromatic rings. The molecule has 1 aromatic heterocycles. The molecule has 3 heterocycles. The first-order valence-corrected chi connectivity index (χ1v) is 9.51. The Bertz CT molecular complexity index is 644. The molecule has 1 amide bonds. The van der Waals surface area contributed by atoms with E-state index >= 15 is 0 Å². The minimum atomic E-state index is -3.61. The zero-order valence-electron chi connectivity index (χ0n) is 13.3. The zero-order chi connectivity index (χ0) is 16.4. The van der Waals surface area contributed by atoms with Gasteiger partial charge in [-0.2, -0.15) is 17.4 Å². The average Bonchev–Trinajstić information content (AvgIpc) is 3.19. The molecule has 0 aromatic carbocycles. The third-order valence-corrected chi connectivity index (χ3v) is 6.15. The van der Waals surface area contributed by atoms with Crippen LogP contribution in [0, 0.1) is 0 Å². The lowest BCUT2D eigenvalue weighted by atomic mass is 10.2. The first-order chi connectivity index (χ1) is 11.0. The molecule has 0 unspecified atom stereocenters. The molecule has 2 aliphatic rings. The van der Waals surface area contributed by atoms with Crippen LogP contribution in [-0.2, 0) is 15.0 Å². The van der Waals surface area contributed by atoms with Crippen LogP contribution < -0.4 is 4.72 Å². The highest BCUT2D eigenvalue weighted by atomic mass is 32.2. The smallest absolute Gasteiger partial charge is 0.280 e. The van der Waals surface area contributed by atoms with Crippen molar-refractivity contribution < 1.29 is 17.6 Å². The van der Waals surface area contributed by atoms with Crippen molar-refractivity contribution in [3.05, 3.63) is 24.2 Å². The van der Waals surface area contributed by atoms with Gasteiger partial charge >= 0.3 is 0 Å². The molecule has 2 saturated heterocycles. The Morgan fingerprint density at radius 2 is 2.22 bits per heavy atom. The van der Waals surface area contributed by atoms with Crippen molar-refractivity contribution in [3.63, 3.8) is 0 Å². The van der Waals surface area contributed by atoms with Crippen LogP contribution >= 0.6 is 0 Å². The predicted molar refractivity (Wildman–Crippen MR) is 84.7 cm³/mol. The molecule has 3 rings (SSSR count). The molecule has 8 heteroatoms. The molecular formula is C15H23N3O4S. The number of rotatable bonds is 6. The van der Waals surface area contributed by atoms with Gasteiger partial charge in [0.1, 0.15) is 5.76 Å². The fraction of sp³-hybridized carbons (Fsp3) is 0.667. The SMILES string of the molecule is C[C@H](CN1CCCC1=O)NS(=O)(=O)N1CCC[C@H]1c1ccco1. The Morgan fingerprint density at radius 1 is 1.39 bits per heavy atom. The van der Waals surface area contributed by atoms with Gasteiger partial charge in [-0.05, 0) is 38.3 Å². The van der Waals surface area contributed by atoms with E-state index in [2.05, 4.69) is 4.72 Å². The van der Waals surface area contributed by atoms with Gasteiger partial charge in [0.15, 0.2) is 0 Å². The predicted octanol–water partition coefficient (Wildman–Crippen LogP) is 1.26. The largest absolute Gasteiger partial charge is 0.468 e. The first kappa shape index (κ1) is 16.5. The van der Waals surface area contributed by atoms with Crippen LogP contribution in [0.25, 0.3) is 0 Å². The summed E-state index contributed by atoms with van der Waals surface area (Å²) in [5.41, 5.74) is 0. The third kappa shape index (κ3) is 3.59. The Hall–Kier alpha value is -1.38. The summed E-state index contributed by atoms with van der Waals surface area (Å²) in [4.78, 5) is 13.4. The van der Waals surface area contributed by atoms with E-state index in [1.165, 1.54) is 4.31 Å². The van der Waals surface area contributed by atoms with Gasteiger partial charge in [0.25, 0.3) is 10.2 Å². The van der Waals surface area contributed by atoms with Crippen LogP contribution in [0.4, 0.5) is 0 Å². The maximum Gasteiger partial charge on any atom is 0.280 e. The maximum absolute atomic E-state index is 12.7. The lowest BCUT2D eigenvalue weighted by Gasteiger charge is -2.27. The standard InChI is InChI=1S/C15H23N3O4S/c1-12(11-17-8-3-7-15(17)19)16-23(20,21)18-9-2-5-13(18)14-6-4-10-22-14/h4,6,10,12-13,16H,2-3,5,7-9,11H2,1H3/t12-,13+/m1/s1. The summed E-state index contributed by atoms with van der Waals surface area (Å²) in [6, 6.07) is 3.02. The minimum absolute atomic E-state index is 0.102. The van der Waals surface area contributed by atoms with Crippen molar-refractivity contribution in [2.45, 2.75) is 44.7 Å². The summed E-state index contributed by atoms with van der Waals surface area (Å²) < 4.78 is 34.9. The van der Waals surface area contributed by atoms with E-state index in [4.69, 9.17) is 4.42 Å². The maximum atomic E-state index is 12.7. The van der Waals surface area contributed by atoms with Crippen LogP contribution in [-0.4, -0.2) is 49.2 Å². The van der Waals surface area contributed by atoms with Gasteiger partial charge in [0.2, 0.25) is 5.91 Å². The van der Waals surface area contributed by atoms with E-state index in [1.807, 2.05) is 6.07 Å². The van der Waals surface area contributed by atoms with Crippen molar-refractivity contribution in [2.24, 2.45) is 0 Å². The number of carbonyl (C=O) groups excluding carboxylic acids is 1. The van der Waals surface area contributed by atoms with Gasteiger partial charge in [-0.1, -0.05) is 0 Å². The fourth-order valence-electron chi connectivity index (χ4n) is 3.38. The highest BCUT2D eigenvalue weighted by Crippen LogP contribution is 2.34. The van der Waals surface area contributed by atoms with Crippen molar-refractivity contribution in [2.75, 3.05) is 19.6 Å². The monoisotopic (exact) mass is 341 g/mol. The summed E-state index contributed by atoms with van der Waals surface area (Å²) in [6.45, 7) is 3.40.